The molecule has 3 fully saturated rings. The lowest BCUT2D eigenvalue weighted by Crippen LogP contribution is -2.55. The van der Waals surface area contributed by atoms with Crippen molar-refractivity contribution in [1.29, 1.82) is 0 Å². The molecule has 450 valence electrons. The quantitative estimate of drug-likeness (QED) is 0.0436. The number of ketones is 3. The molecule has 27 nitrogen and oxygen atoms in total. The molecule has 10 N–H and O–H groups in total. The molecule has 6 amide bonds. The Labute approximate surface area is 478 Å². The van der Waals surface area contributed by atoms with Crippen molar-refractivity contribution in [3.63, 3.8) is 0 Å². The largest absolute Gasteiger partial charge is 0.507 e. The fraction of sp³-hybridized carbons (Fsp3) is 0.536. The molecule has 3 heterocycles. The summed E-state index contributed by atoms with van der Waals surface area (Å²) in [5.41, 5.74) is 7.88. The molecule has 3 aromatic carbocycles. The normalized spacial score (nSPS) is 24.1. The summed E-state index contributed by atoms with van der Waals surface area (Å²) in [6.07, 6.45) is -7.13. The summed E-state index contributed by atoms with van der Waals surface area (Å²) in [4.78, 5) is 111. The number of hydrogen-bond donors (Lipinski definition) is 8. The molecular weight excluding hydrogens is 1090 g/mol. The zero-order chi connectivity index (χ0) is 60.2. The van der Waals surface area contributed by atoms with Gasteiger partial charge in [-0.2, -0.15) is 0 Å². The highest BCUT2D eigenvalue weighted by molar-refractivity contribution is 6.31. The number of methoxy groups -OCH3 is 2. The maximum atomic E-state index is 14.3. The summed E-state index contributed by atoms with van der Waals surface area (Å²) >= 11 is 0. The molecule has 27 heteroatoms. The van der Waals surface area contributed by atoms with Crippen LogP contribution < -0.4 is 32.2 Å². The molecule has 0 aromatic heterocycles. The number of carbonyl (C=O) groups excluding carboxylic acids is 8. The molecule has 2 aliphatic carbocycles. The Balaban J connectivity index is 0.890. The monoisotopic (exact) mass is 1160 g/mol. The van der Waals surface area contributed by atoms with Gasteiger partial charge in [-0.1, -0.05) is 38.1 Å². The number of nitrogens with two attached hydrogens (primary N) is 2. The molecule has 83 heavy (non-hydrogen) atoms. The first-order valence-corrected chi connectivity index (χ1v) is 27.2. The van der Waals surface area contributed by atoms with E-state index in [9.17, 15) is 53.7 Å². The van der Waals surface area contributed by atoms with Crippen LogP contribution in [-0.4, -0.2) is 200 Å². The van der Waals surface area contributed by atoms with Crippen molar-refractivity contribution >= 4 is 53.1 Å². The number of primary amides is 1. The van der Waals surface area contributed by atoms with Gasteiger partial charge in [0.1, 0.15) is 41.6 Å². The van der Waals surface area contributed by atoms with Crippen LogP contribution in [0.4, 0.5) is 20.1 Å². The molecule has 5 aliphatic rings. The SMILES string of the molecule is COc1cccc2c1C(=O)c1c(O)c3c(c(O)c1C2=O)C[C@@](O)(C(=O)COC(=O)N(C)CCN(C)C(=O)OCc1ccc(NC(=O)[C@H](CCCNC(N)=O)NC(=O)[C@@H](N)C(C)C)cc1)C[C@@H]3O[C@H]1C[C@H]2[C@H](O[C@@H]3[C@@H](OC)OCCN32)[C@H](C)O1. The summed E-state index contributed by atoms with van der Waals surface area (Å²) in [6, 6.07) is 7.89. The van der Waals surface area contributed by atoms with E-state index >= 15 is 0 Å². The molecular formula is C56H72N8O19. The highest BCUT2D eigenvalue weighted by Gasteiger charge is 2.55. The molecule has 10 atom stereocenters. The third kappa shape index (κ3) is 13.2. The number of likely N-dealkylation sites (N-methyl/N-ethyl adjacent to an activating group) is 2. The lowest BCUT2D eigenvalue weighted by Gasteiger charge is -2.43. The Morgan fingerprint density at radius 3 is 2.25 bits per heavy atom. The van der Waals surface area contributed by atoms with Gasteiger partial charge in [-0.15, -0.1) is 0 Å². The number of hydrogen-bond acceptors (Lipinski definition) is 21. The van der Waals surface area contributed by atoms with E-state index in [1.165, 1.54) is 51.4 Å². The van der Waals surface area contributed by atoms with Crippen molar-refractivity contribution < 1.29 is 91.6 Å². The van der Waals surface area contributed by atoms with Crippen LogP contribution in [0.15, 0.2) is 42.5 Å². The highest BCUT2D eigenvalue weighted by atomic mass is 16.7. The van der Waals surface area contributed by atoms with Crippen LogP contribution in [0.5, 0.6) is 17.2 Å². The average Bonchev–Trinajstić information content (AvgIpc) is 3.88. The summed E-state index contributed by atoms with van der Waals surface area (Å²) in [5, 5.41) is 44.4. The second-order valence-electron chi connectivity index (χ2n) is 21.5. The molecule has 0 radical (unpaired) electrons. The summed E-state index contributed by atoms with van der Waals surface area (Å²) in [5.74, 6) is -5.32. The van der Waals surface area contributed by atoms with Crippen LogP contribution in [0.25, 0.3) is 0 Å². The van der Waals surface area contributed by atoms with Gasteiger partial charge in [0.2, 0.25) is 23.4 Å². The fourth-order valence-electron chi connectivity index (χ4n) is 10.9. The van der Waals surface area contributed by atoms with Gasteiger partial charge >= 0.3 is 18.2 Å². The molecule has 3 saturated heterocycles. The van der Waals surface area contributed by atoms with Gasteiger partial charge in [0, 0.05) is 95.1 Å². The number of nitrogens with one attached hydrogen (secondary N) is 3. The Kier molecular flexibility index (Phi) is 19.3. The lowest BCUT2D eigenvalue weighted by molar-refractivity contribution is -0.256. The second-order valence-corrected chi connectivity index (χ2v) is 21.5. The Hall–Kier alpha value is -7.50. The van der Waals surface area contributed by atoms with Crippen molar-refractivity contribution in [3.05, 3.63) is 81.4 Å². The van der Waals surface area contributed by atoms with E-state index in [-0.39, 0.29) is 79.0 Å². The second kappa shape index (κ2) is 26.0. The molecule has 3 aromatic rings. The predicted molar refractivity (Wildman–Crippen MR) is 290 cm³/mol. The van der Waals surface area contributed by atoms with Gasteiger partial charge in [-0.25, -0.2) is 14.4 Å². The number of amides is 6. The molecule has 0 spiro atoms. The van der Waals surface area contributed by atoms with Crippen molar-refractivity contribution in [3.8, 4) is 17.2 Å². The zero-order valence-electron chi connectivity index (χ0n) is 47.2. The third-order valence-electron chi connectivity index (χ3n) is 15.6. The standard InChI is InChI=1S/C56H72N8O19/c1-27(2)43(57)50(71)61-33(11-9-17-59-53(58)72)49(70)60-30-15-13-29(14-16-30)25-79-54(73)62(4)18-19-63(5)55(74)80-26-37(65)56(75)23-32-40(47(69)42-41(45(32)67)44(66)31-10-8-12-35(76-6)39(31)46(42)68)36(24-56)82-38-22-34-48(28(3)81-38)83-51-52(77-7)78-21-20-64(34)51/h8,10,12-16,27-28,33-34,36,38,43,48,51-52,67,69,75H,9,11,17-26,57H2,1-7H3,(H,60,70)(H,61,71)(H3,58,59,72)/t28-,33-,34-,36-,38-,43-,48+,51+,52-,56-/m0/s1. The number of rotatable bonds is 21. The van der Waals surface area contributed by atoms with E-state index in [0.29, 0.717) is 30.8 Å². The van der Waals surface area contributed by atoms with Crippen molar-refractivity contribution in [2.45, 2.75) is 120 Å². The lowest BCUT2D eigenvalue weighted by atomic mass is 9.72. The smallest absolute Gasteiger partial charge is 0.409 e. The van der Waals surface area contributed by atoms with Crippen LogP contribution in [0.3, 0.4) is 0 Å². The minimum atomic E-state index is -2.47. The van der Waals surface area contributed by atoms with Crippen LogP contribution >= 0.6 is 0 Å². The number of urea groups is 1. The Morgan fingerprint density at radius 1 is 0.904 bits per heavy atom. The topological polar surface area (TPSA) is 369 Å². The third-order valence-corrected chi connectivity index (χ3v) is 15.6. The number of ether oxygens (including phenoxy) is 8. The summed E-state index contributed by atoms with van der Waals surface area (Å²) in [7, 11) is 5.61. The number of carbonyl (C=O) groups is 8. The molecule has 0 unspecified atom stereocenters. The maximum absolute atomic E-state index is 14.3. The number of anilines is 1. The number of fused-ring (bicyclic) bond motifs is 6. The number of morpholine rings is 1. The predicted octanol–water partition coefficient (Wildman–Crippen LogP) is 1.91. The van der Waals surface area contributed by atoms with E-state index < -0.39 is 144 Å². The zero-order valence-corrected chi connectivity index (χ0v) is 47.2. The van der Waals surface area contributed by atoms with Gasteiger partial charge in [-0.05, 0) is 49.4 Å². The number of aromatic hydroxyl groups is 2. The maximum Gasteiger partial charge on any atom is 0.409 e. The summed E-state index contributed by atoms with van der Waals surface area (Å²) < 4.78 is 46.8. The van der Waals surface area contributed by atoms with Crippen LogP contribution in [0, 0.1) is 5.92 Å². The van der Waals surface area contributed by atoms with Crippen molar-refractivity contribution in [1.82, 2.24) is 25.3 Å². The first kappa shape index (κ1) is 61.6. The van der Waals surface area contributed by atoms with Crippen LogP contribution in [0.1, 0.15) is 101 Å². The van der Waals surface area contributed by atoms with Gasteiger partial charge in [0.15, 0.2) is 31.2 Å². The van der Waals surface area contributed by atoms with E-state index in [4.69, 9.17) is 49.4 Å². The van der Waals surface area contributed by atoms with Gasteiger partial charge in [0.05, 0.1) is 48.7 Å². The van der Waals surface area contributed by atoms with Crippen LogP contribution in [-0.2, 0) is 60.6 Å². The molecule has 3 aliphatic heterocycles. The van der Waals surface area contributed by atoms with E-state index in [1.54, 1.807) is 45.0 Å². The summed E-state index contributed by atoms with van der Waals surface area (Å²) in [6.45, 7) is 5.07. The number of phenols is 2. The van der Waals surface area contributed by atoms with Crippen LogP contribution in [0.2, 0.25) is 0 Å². The highest BCUT2D eigenvalue weighted by Crippen LogP contribution is 2.53. The fourth-order valence-corrected chi connectivity index (χ4v) is 10.9. The number of phenolic OH excluding ortho intramolecular Hbond substituents is 2. The van der Waals surface area contributed by atoms with E-state index in [1.807, 2.05) is 0 Å². The van der Waals surface area contributed by atoms with E-state index in [2.05, 4.69) is 20.9 Å². The van der Waals surface area contributed by atoms with Gasteiger partial charge in [0.25, 0.3) is 0 Å². The molecule has 8 rings (SSSR count). The van der Waals surface area contributed by atoms with Crippen molar-refractivity contribution in [2.75, 3.05) is 73.0 Å². The van der Waals surface area contributed by atoms with E-state index in [0.717, 1.165) is 4.90 Å². The molecule has 0 bridgehead atoms. The minimum absolute atomic E-state index is 0.0538. The number of nitrogens with zero attached hydrogens (tertiary/aromatic N) is 3. The number of aliphatic hydroxyl groups is 1. The van der Waals surface area contributed by atoms with Gasteiger partial charge < -0.3 is 90.4 Å². The van der Waals surface area contributed by atoms with Crippen molar-refractivity contribution in [2.24, 2.45) is 17.4 Å². The molecule has 0 saturated carbocycles. The first-order valence-electron chi connectivity index (χ1n) is 27.2. The average molecular weight is 1160 g/mol. The number of Topliss-reactive ketones (excluding diaryl/α,β-unsaturated/α-hetero) is 1. The first-order chi connectivity index (χ1) is 39.5. The number of benzene rings is 3. The minimum Gasteiger partial charge on any atom is -0.507 e. The van der Waals surface area contributed by atoms with Gasteiger partial charge in [-0.3, -0.25) is 28.9 Å². The Morgan fingerprint density at radius 2 is 1.59 bits per heavy atom. The Bertz CT molecular complexity index is 2980.